The number of benzene rings is 1. The second-order valence-electron chi connectivity index (χ2n) is 2.73. The van der Waals surface area contributed by atoms with Gasteiger partial charge in [0.2, 0.25) is 0 Å². The van der Waals surface area contributed by atoms with Gasteiger partial charge < -0.3 is 10.5 Å². The zero-order valence-corrected chi connectivity index (χ0v) is 7.58. The van der Waals surface area contributed by atoms with Crippen molar-refractivity contribution in [3.8, 4) is 11.8 Å². The molecule has 1 aromatic rings. The van der Waals surface area contributed by atoms with Crippen LogP contribution in [0.3, 0.4) is 0 Å². The topological polar surface area (TPSA) is 59.0 Å². The number of hydrogen-bond donors (Lipinski definition) is 1. The number of ether oxygens (including phenoxy) is 1. The van der Waals surface area contributed by atoms with Crippen LogP contribution < -0.4 is 10.5 Å². The van der Waals surface area contributed by atoms with Gasteiger partial charge in [-0.2, -0.15) is 5.26 Å². The van der Waals surface area contributed by atoms with Crippen molar-refractivity contribution in [2.45, 2.75) is 6.92 Å². The Hall–Kier alpha value is -1.53. The van der Waals surface area contributed by atoms with E-state index in [0.29, 0.717) is 18.7 Å². The lowest BCUT2D eigenvalue weighted by molar-refractivity contribution is 0.326. The van der Waals surface area contributed by atoms with E-state index < -0.39 is 0 Å². The number of nitrogens with zero attached hydrogens (tertiary/aromatic N) is 1. The average Bonchev–Trinajstić information content (AvgIpc) is 2.16. The first-order valence-electron chi connectivity index (χ1n) is 4.11. The standard InChI is InChI=1S/C10H12N2O/c1-8-6-9(7-12)2-3-10(8)13-5-4-11/h2-3,6H,4-5,11H2,1H3. The second-order valence-corrected chi connectivity index (χ2v) is 2.73. The van der Waals surface area contributed by atoms with Gasteiger partial charge in [-0.3, -0.25) is 0 Å². The molecule has 0 aliphatic carbocycles. The maximum atomic E-state index is 8.62. The highest BCUT2D eigenvalue weighted by Crippen LogP contribution is 2.18. The van der Waals surface area contributed by atoms with E-state index >= 15 is 0 Å². The summed E-state index contributed by atoms with van der Waals surface area (Å²) in [6.07, 6.45) is 0. The van der Waals surface area contributed by atoms with E-state index in [2.05, 4.69) is 6.07 Å². The van der Waals surface area contributed by atoms with Gasteiger partial charge in [0.25, 0.3) is 0 Å². The minimum Gasteiger partial charge on any atom is -0.492 e. The highest BCUT2D eigenvalue weighted by Gasteiger charge is 1.99. The average molecular weight is 176 g/mol. The summed E-state index contributed by atoms with van der Waals surface area (Å²) in [6.45, 7) is 2.92. The highest BCUT2D eigenvalue weighted by molar-refractivity contribution is 5.41. The molecule has 2 N–H and O–H groups in total. The molecule has 0 saturated heterocycles. The zero-order valence-electron chi connectivity index (χ0n) is 7.58. The van der Waals surface area contributed by atoms with Crippen LogP contribution in [0.4, 0.5) is 0 Å². The van der Waals surface area contributed by atoms with Gasteiger partial charge in [0.15, 0.2) is 0 Å². The fourth-order valence-corrected chi connectivity index (χ4v) is 1.05. The summed E-state index contributed by atoms with van der Waals surface area (Å²) in [7, 11) is 0. The van der Waals surface area contributed by atoms with Crippen molar-refractivity contribution in [1.29, 1.82) is 5.26 Å². The number of rotatable bonds is 3. The predicted octanol–water partition coefficient (Wildman–Crippen LogP) is 1.20. The summed E-state index contributed by atoms with van der Waals surface area (Å²) in [5.74, 6) is 0.796. The van der Waals surface area contributed by atoms with Crippen molar-refractivity contribution in [2.75, 3.05) is 13.2 Å². The molecule has 0 radical (unpaired) electrons. The number of nitrogens with two attached hydrogens (primary N) is 1. The van der Waals surface area contributed by atoms with Crippen molar-refractivity contribution in [3.63, 3.8) is 0 Å². The minimum atomic E-state index is 0.499. The molecule has 0 heterocycles. The van der Waals surface area contributed by atoms with Crippen LogP contribution >= 0.6 is 0 Å². The first-order chi connectivity index (χ1) is 6.27. The number of hydrogen-bond acceptors (Lipinski definition) is 3. The van der Waals surface area contributed by atoms with Crippen molar-refractivity contribution >= 4 is 0 Å². The van der Waals surface area contributed by atoms with Crippen LogP contribution in [0.5, 0.6) is 5.75 Å². The van der Waals surface area contributed by atoms with E-state index in [0.717, 1.165) is 11.3 Å². The van der Waals surface area contributed by atoms with Gasteiger partial charge in [0.1, 0.15) is 12.4 Å². The molecule has 0 saturated carbocycles. The molecule has 0 fully saturated rings. The molecule has 0 bridgehead atoms. The van der Waals surface area contributed by atoms with Crippen LogP contribution in [-0.4, -0.2) is 13.2 Å². The van der Waals surface area contributed by atoms with Crippen LogP contribution in [-0.2, 0) is 0 Å². The minimum absolute atomic E-state index is 0.499. The molecular formula is C10H12N2O. The first-order valence-corrected chi connectivity index (χ1v) is 4.11. The van der Waals surface area contributed by atoms with Crippen molar-refractivity contribution in [2.24, 2.45) is 5.73 Å². The summed E-state index contributed by atoms with van der Waals surface area (Å²) in [4.78, 5) is 0. The molecule has 0 spiro atoms. The van der Waals surface area contributed by atoms with Crippen LogP contribution in [0.1, 0.15) is 11.1 Å². The van der Waals surface area contributed by atoms with Crippen LogP contribution in [0.2, 0.25) is 0 Å². The lowest BCUT2D eigenvalue weighted by atomic mass is 10.1. The third-order valence-electron chi connectivity index (χ3n) is 1.68. The fraction of sp³-hybridized carbons (Fsp3) is 0.300. The molecule has 1 aromatic carbocycles. The van der Waals surface area contributed by atoms with Gasteiger partial charge >= 0.3 is 0 Å². The molecule has 0 amide bonds. The number of aryl methyl sites for hydroxylation is 1. The normalized spacial score (nSPS) is 9.31. The van der Waals surface area contributed by atoms with Gasteiger partial charge in [0, 0.05) is 6.54 Å². The molecule has 0 aliphatic rings. The van der Waals surface area contributed by atoms with Gasteiger partial charge in [-0.1, -0.05) is 0 Å². The highest BCUT2D eigenvalue weighted by atomic mass is 16.5. The van der Waals surface area contributed by atoms with Crippen LogP contribution in [0.25, 0.3) is 0 Å². The molecule has 13 heavy (non-hydrogen) atoms. The van der Waals surface area contributed by atoms with E-state index in [1.54, 1.807) is 18.2 Å². The third-order valence-corrected chi connectivity index (χ3v) is 1.68. The molecule has 0 unspecified atom stereocenters. The van der Waals surface area contributed by atoms with Gasteiger partial charge in [0.05, 0.1) is 11.6 Å². The Kier molecular flexibility index (Phi) is 3.30. The van der Waals surface area contributed by atoms with Gasteiger partial charge in [-0.25, -0.2) is 0 Å². The van der Waals surface area contributed by atoms with E-state index in [4.69, 9.17) is 15.7 Å². The fourth-order valence-electron chi connectivity index (χ4n) is 1.05. The Morgan fingerprint density at radius 2 is 2.31 bits per heavy atom. The monoisotopic (exact) mass is 176 g/mol. The van der Waals surface area contributed by atoms with Crippen molar-refractivity contribution in [1.82, 2.24) is 0 Å². The molecule has 3 nitrogen and oxygen atoms in total. The summed E-state index contributed by atoms with van der Waals surface area (Å²) >= 11 is 0. The lowest BCUT2D eigenvalue weighted by Crippen LogP contribution is -2.11. The van der Waals surface area contributed by atoms with E-state index in [1.807, 2.05) is 6.92 Å². The maximum absolute atomic E-state index is 8.62. The van der Waals surface area contributed by atoms with Gasteiger partial charge in [-0.15, -0.1) is 0 Å². The molecule has 1 rings (SSSR count). The quantitative estimate of drug-likeness (QED) is 0.752. The second kappa shape index (κ2) is 4.48. The predicted molar refractivity (Wildman–Crippen MR) is 50.4 cm³/mol. The van der Waals surface area contributed by atoms with Crippen LogP contribution in [0, 0.1) is 18.3 Å². The van der Waals surface area contributed by atoms with Gasteiger partial charge in [-0.05, 0) is 30.7 Å². The number of nitriles is 1. The molecule has 0 aliphatic heterocycles. The zero-order chi connectivity index (χ0) is 9.68. The largest absolute Gasteiger partial charge is 0.492 e. The third kappa shape index (κ3) is 2.46. The van der Waals surface area contributed by atoms with E-state index in [1.165, 1.54) is 0 Å². The Bertz CT molecular complexity index is 328. The summed E-state index contributed by atoms with van der Waals surface area (Å²) < 4.78 is 5.35. The Labute approximate surface area is 77.7 Å². The van der Waals surface area contributed by atoms with Crippen LogP contribution in [0.15, 0.2) is 18.2 Å². The molecular weight excluding hydrogens is 164 g/mol. The van der Waals surface area contributed by atoms with Crippen molar-refractivity contribution < 1.29 is 4.74 Å². The Morgan fingerprint density at radius 1 is 1.54 bits per heavy atom. The molecule has 0 aromatic heterocycles. The lowest BCUT2D eigenvalue weighted by Gasteiger charge is -2.07. The summed E-state index contributed by atoms with van der Waals surface area (Å²) in [5, 5.41) is 8.62. The van der Waals surface area contributed by atoms with E-state index in [9.17, 15) is 0 Å². The molecule has 0 atom stereocenters. The molecule has 3 heteroatoms. The first kappa shape index (κ1) is 9.56. The summed E-state index contributed by atoms with van der Waals surface area (Å²) in [5.41, 5.74) is 6.92. The molecule has 68 valence electrons. The maximum Gasteiger partial charge on any atom is 0.122 e. The van der Waals surface area contributed by atoms with Crippen molar-refractivity contribution in [3.05, 3.63) is 29.3 Å². The smallest absolute Gasteiger partial charge is 0.122 e. The summed E-state index contributed by atoms with van der Waals surface area (Å²) in [6, 6.07) is 7.40. The Balaban J connectivity index is 2.81. The Morgan fingerprint density at radius 3 is 2.85 bits per heavy atom. The van der Waals surface area contributed by atoms with E-state index in [-0.39, 0.29) is 0 Å². The SMILES string of the molecule is Cc1cc(C#N)ccc1OCCN.